The number of hydrogen-bond donors (Lipinski definition) is 0. The third-order valence-electron chi connectivity index (χ3n) is 1.96. The van der Waals surface area contributed by atoms with Crippen molar-refractivity contribution in [3.8, 4) is 0 Å². The van der Waals surface area contributed by atoms with E-state index >= 15 is 0 Å². The molecule has 4 nitrogen and oxygen atoms in total. The average molecular weight is 192 g/mol. The van der Waals surface area contributed by atoms with Crippen molar-refractivity contribution in [3.05, 3.63) is 11.6 Å². The fourth-order valence-corrected chi connectivity index (χ4v) is 1.35. The summed E-state index contributed by atoms with van der Waals surface area (Å²) in [4.78, 5) is 20.8. The third kappa shape index (κ3) is 3.00. The van der Waals surface area contributed by atoms with Crippen molar-refractivity contribution < 1.29 is 19.8 Å². The molecule has 0 N–H and O–H groups in total. The molecule has 0 aromatic carbocycles. The van der Waals surface area contributed by atoms with Crippen LogP contribution in [0.2, 0.25) is 0 Å². The van der Waals surface area contributed by atoms with Gasteiger partial charge in [0.25, 0.3) is 0 Å². The molecule has 0 aromatic rings. The van der Waals surface area contributed by atoms with Crippen LogP contribution in [0.25, 0.3) is 0 Å². The Hall–Kier alpha value is -0.554. The van der Waals surface area contributed by atoms with Crippen LogP contribution in [0.1, 0.15) is 19.3 Å². The molecule has 1 rings (SSSR count). The van der Waals surface area contributed by atoms with Gasteiger partial charge in [-0.25, -0.2) is 0 Å². The Kier molecular flexibility index (Phi) is 5.01. The van der Waals surface area contributed by atoms with Gasteiger partial charge >= 0.3 is 23.1 Å². The quantitative estimate of drug-likeness (QED) is 0.467. The van der Waals surface area contributed by atoms with Crippen LogP contribution in [0.3, 0.4) is 0 Å². The average Bonchev–Trinajstić information content (AvgIpc) is 2.04. The second kappa shape index (κ2) is 5.24. The minimum Gasteiger partial charge on any atom is -0.549 e. The van der Waals surface area contributed by atoms with E-state index in [0.717, 1.165) is 0 Å². The molecule has 0 aromatic heterocycles. The zero-order chi connectivity index (χ0) is 9.14. The molecule has 66 valence electrons. The van der Waals surface area contributed by atoms with Crippen LogP contribution in [-0.4, -0.2) is 35.0 Å². The van der Waals surface area contributed by atoms with Gasteiger partial charge in [-0.15, -0.1) is 0 Å². The largest absolute Gasteiger partial charge is 2.00 e. The van der Waals surface area contributed by atoms with Gasteiger partial charge in [0.05, 0.1) is 5.97 Å². The van der Waals surface area contributed by atoms with Crippen LogP contribution in [-0.2, 0) is 9.59 Å². The molecule has 13 heavy (non-hydrogen) atoms. The molecule has 1 unspecified atom stereocenters. The van der Waals surface area contributed by atoms with Crippen LogP contribution in [0, 0.1) is 5.92 Å². The van der Waals surface area contributed by atoms with E-state index < -0.39 is 17.9 Å². The third-order valence-corrected chi connectivity index (χ3v) is 1.96. The molecule has 0 saturated heterocycles. The number of carboxylic acids is 2. The van der Waals surface area contributed by atoms with Crippen LogP contribution in [0.4, 0.5) is 0 Å². The van der Waals surface area contributed by atoms with Gasteiger partial charge in [-0.05, 0) is 24.8 Å². The molecular weight excluding hydrogens is 184 g/mol. The van der Waals surface area contributed by atoms with E-state index in [2.05, 4.69) is 0 Å². The Bertz CT molecular complexity index is 247. The van der Waals surface area contributed by atoms with Crippen LogP contribution >= 0.6 is 0 Å². The van der Waals surface area contributed by atoms with E-state index in [1.807, 2.05) is 0 Å². The number of hydrogen-bond acceptors (Lipinski definition) is 4. The molecule has 0 fully saturated rings. The first-order chi connectivity index (χ1) is 5.63. The fourth-order valence-electron chi connectivity index (χ4n) is 1.35. The molecule has 0 radical (unpaired) electrons. The second-order valence-electron chi connectivity index (χ2n) is 2.75. The topological polar surface area (TPSA) is 80.3 Å². The number of carboxylic acid groups (broad SMARTS) is 2. The number of aliphatic carboxylic acids is 2. The van der Waals surface area contributed by atoms with E-state index in [0.29, 0.717) is 19.3 Å². The number of rotatable bonds is 2. The van der Waals surface area contributed by atoms with Crippen molar-refractivity contribution >= 4 is 35.0 Å². The Morgan fingerprint density at radius 1 is 1.38 bits per heavy atom. The first-order valence-corrected chi connectivity index (χ1v) is 3.75. The summed E-state index contributed by atoms with van der Waals surface area (Å²) in [5.41, 5.74) is -0.138. The molecule has 1 aliphatic rings. The molecule has 0 aliphatic heterocycles. The van der Waals surface area contributed by atoms with E-state index in [4.69, 9.17) is 0 Å². The summed E-state index contributed by atoms with van der Waals surface area (Å²) < 4.78 is 0. The zero-order valence-corrected chi connectivity index (χ0v) is 8.53. The van der Waals surface area contributed by atoms with E-state index in [1.54, 1.807) is 0 Å². The minimum atomic E-state index is -1.40. The molecule has 0 heterocycles. The van der Waals surface area contributed by atoms with Gasteiger partial charge in [0, 0.05) is 11.9 Å². The predicted molar refractivity (Wildman–Crippen MR) is 41.2 cm³/mol. The summed E-state index contributed by atoms with van der Waals surface area (Å²) in [6, 6.07) is 0. The predicted octanol–water partition coefficient (Wildman–Crippen LogP) is -2.17. The van der Waals surface area contributed by atoms with Gasteiger partial charge < -0.3 is 19.8 Å². The first-order valence-electron chi connectivity index (χ1n) is 3.75. The smallest absolute Gasteiger partial charge is 0.549 e. The van der Waals surface area contributed by atoms with Crippen molar-refractivity contribution in [3.63, 3.8) is 0 Å². The SMILES string of the molecule is O=C([O-])C1=CCCCC1C(=O)[O-].[Mg+2]. The van der Waals surface area contributed by atoms with Crippen LogP contribution in [0.15, 0.2) is 11.6 Å². The summed E-state index contributed by atoms with van der Waals surface area (Å²) in [5, 5.41) is 20.8. The number of carbonyl (C=O) groups excluding carboxylic acids is 2. The van der Waals surface area contributed by atoms with Crippen LogP contribution in [0.5, 0.6) is 0 Å². The maximum atomic E-state index is 10.4. The molecule has 1 aliphatic carbocycles. The summed E-state index contributed by atoms with van der Waals surface area (Å²) >= 11 is 0. The molecule has 0 amide bonds. The first kappa shape index (κ1) is 12.4. The van der Waals surface area contributed by atoms with Crippen LogP contribution < -0.4 is 10.2 Å². The Labute approximate surface area is 91.8 Å². The molecule has 0 spiro atoms. The Morgan fingerprint density at radius 3 is 2.38 bits per heavy atom. The molecule has 0 saturated carbocycles. The number of allylic oxidation sites excluding steroid dienone is 1. The van der Waals surface area contributed by atoms with Gasteiger partial charge in [-0.1, -0.05) is 6.08 Å². The van der Waals surface area contributed by atoms with E-state index in [9.17, 15) is 19.8 Å². The summed E-state index contributed by atoms with van der Waals surface area (Å²) in [7, 11) is 0. The zero-order valence-electron chi connectivity index (χ0n) is 7.12. The van der Waals surface area contributed by atoms with Gasteiger partial charge in [0.15, 0.2) is 0 Å². The van der Waals surface area contributed by atoms with Crippen molar-refractivity contribution in [1.29, 1.82) is 0 Å². The maximum absolute atomic E-state index is 10.4. The van der Waals surface area contributed by atoms with E-state index in [1.165, 1.54) is 6.08 Å². The summed E-state index contributed by atoms with van der Waals surface area (Å²) in [6.07, 6.45) is 3.03. The van der Waals surface area contributed by atoms with Gasteiger partial charge in [0.2, 0.25) is 0 Å². The van der Waals surface area contributed by atoms with Crippen molar-refractivity contribution in [2.75, 3.05) is 0 Å². The standard InChI is InChI=1S/C8H10O4.Mg/c9-7(10)5-3-1-2-4-6(5)8(11)12;/h3,6H,1-2,4H2,(H,9,10)(H,11,12);/q;+2/p-2. The van der Waals surface area contributed by atoms with Crippen molar-refractivity contribution in [2.24, 2.45) is 5.92 Å². The molecule has 1 atom stereocenters. The second-order valence-corrected chi connectivity index (χ2v) is 2.75. The normalized spacial score (nSPS) is 21.2. The monoisotopic (exact) mass is 192 g/mol. The Balaban J connectivity index is 0.00000144. The molecular formula is C8H8MgO4. The van der Waals surface area contributed by atoms with Gasteiger partial charge in [-0.2, -0.15) is 0 Å². The van der Waals surface area contributed by atoms with Gasteiger partial charge in [0.1, 0.15) is 0 Å². The minimum absolute atomic E-state index is 0. The van der Waals surface area contributed by atoms with Gasteiger partial charge in [-0.3, -0.25) is 0 Å². The maximum Gasteiger partial charge on any atom is 2.00 e. The Morgan fingerprint density at radius 2 is 2.00 bits per heavy atom. The van der Waals surface area contributed by atoms with Crippen molar-refractivity contribution in [2.45, 2.75) is 19.3 Å². The summed E-state index contributed by atoms with van der Waals surface area (Å²) in [6.45, 7) is 0. The summed E-state index contributed by atoms with van der Waals surface area (Å²) in [5.74, 6) is -3.71. The molecule has 0 bridgehead atoms. The molecule has 5 heteroatoms. The van der Waals surface area contributed by atoms with E-state index in [-0.39, 0.29) is 28.6 Å². The van der Waals surface area contributed by atoms with Crippen molar-refractivity contribution in [1.82, 2.24) is 0 Å². The number of carbonyl (C=O) groups is 2. The fraction of sp³-hybridized carbons (Fsp3) is 0.500.